The van der Waals surface area contributed by atoms with Gasteiger partial charge in [-0.1, -0.05) is 24.3 Å². The Bertz CT molecular complexity index is 977. The monoisotopic (exact) mass is 405 g/mol. The van der Waals surface area contributed by atoms with E-state index >= 15 is 0 Å². The Morgan fingerprint density at radius 1 is 0.933 bits per heavy atom. The molecule has 0 aliphatic carbocycles. The van der Waals surface area contributed by atoms with Crippen LogP contribution in [0.4, 0.5) is 0 Å². The van der Waals surface area contributed by atoms with E-state index in [1.165, 1.54) is 0 Å². The number of hydrogen-bond donors (Lipinski definition) is 0. The van der Waals surface area contributed by atoms with Crippen LogP contribution in [0.1, 0.15) is 16.4 Å². The number of ether oxygens (including phenoxy) is 3. The number of para-hydroxylation sites is 1. The van der Waals surface area contributed by atoms with E-state index in [2.05, 4.69) is 5.10 Å². The molecule has 1 aromatic heterocycles. The van der Waals surface area contributed by atoms with Crippen LogP contribution in [0.2, 0.25) is 0 Å². The van der Waals surface area contributed by atoms with Crippen molar-refractivity contribution in [2.75, 3.05) is 26.3 Å². The summed E-state index contributed by atoms with van der Waals surface area (Å²) in [5.74, 6) is 1.33. The summed E-state index contributed by atoms with van der Waals surface area (Å²) >= 11 is 0. The number of rotatable bonds is 4. The van der Waals surface area contributed by atoms with Crippen LogP contribution in [-0.2, 0) is 9.47 Å². The van der Waals surface area contributed by atoms with Crippen molar-refractivity contribution < 1.29 is 19.0 Å². The van der Waals surface area contributed by atoms with Crippen molar-refractivity contribution in [1.29, 1.82) is 0 Å². The van der Waals surface area contributed by atoms with Crippen LogP contribution in [0, 0.1) is 0 Å². The third-order valence-corrected chi connectivity index (χ3v) is 5.47. The number of nitrogens with zero attached hydrogens (tertiary/aromatic N) is 3. The Morgan fingerprint density at radius 2 is 1.67 bits per heavy atom. The number of aromatic nitrogens is 2. The zero-order chi connectivity index (χ0) is 20.3. The molecule has 7 heteroatoms. The lowest BCUT2D eigenvalue weighted by atomic mass is 10.2. The molecule has 5 rings (SSSR count). The molecule has 2 aliphatic rings. The summed E-state index contributed by atoms with van der Waals surface area (Å²) in [5, 5.41) is 4.28. The minimum absolute atomic E-state index is 0.0441. The van der Waals surface area contributed by atoms with Crippen LogP contribution in [0.15, 0.2) is 73.1 Å². The van der Waals surface area contributed by atoms with E-state index in [9.17, 15) is 4.79 Å². The van der Waals surface area contributed by atoms with E-state index in [4.69, 9.17) is 14.2 Å². The van der Waals surface area contributed by atoms with Crippen LogP contribution in [-0.4, -0.2) is 59.1 Å². The van der Waals surface area contributed by atoms with E-state index in [0.29, 0.717) is 37.6 Å². The highest BCUT2D eigenvalue weighted by Gasteiger charge is 2.39. The predicted molar refractivity (Wildman–Crippen MR) is 110 cm³/mol. The first-order valence-corrected chi connectivity index (χ1v) is 10.1. The number of hydrogen-bond acceptors (Lipinski definition) is 5. The molecule has 2 aromatic carbocycles. The number of amides is 1. The van der Waals surface area contributed by atoms with Gasteiger partial charge in [0.2, 0.25) is 0 Å². The number of fused-ring (bicyclic) bond motifs is 1. The molecule has 0 radical (unpaired) electrons. The normalized spacial score (nSPS) is 21.8. The Labute approximate surface area is 174 Å². The molecule has 0 N–H and O–H groups in total. The molecule has 0 bridgehead atoms. The van der Waals surface area contributed by atoms with E-state index < -0.39 is 0 Å². The fourth-order valence-electron chi connectivity index (χ4n) is 3.90. The van der Waals surface area contributed by atoms with E-state index in [1.54, 1.807) is 17.2 Å². The molecule has 3 heterocycles. The van der Waals surface area contributed by atoms with E-state index in [1.807, 2.05) is 65.5 Å². The second-order valence-corrected chi connectivity index (χ2v) is 7.54. The minimum atomic E-state index is -0.127. The fourth-order valence-corrected chi connectivity index (χ4v) is 3.90. The van der Waals surface area contributed by atoms with Gasteiger partial charge in [-0.15, -0.1) is 0 Å². The van der Waals surface area contributed by atoms with Crippen molar-refractivity contribution in [2.24, 2.45) is 0 Å². The molecule has 2 atom stereocenters. The van der Waals surface area contributed by atoms with E-state index in [-0.39, 0.29) is 24.2 Å². The third kappa shape index (κ3) is 3.94. The molecular formula is C23H23N3O4. The molecule has 7 nitrogen and oxygen atoms in total. The van der Waals surface area contributed by atoms with Crippen molar-refractivity contribution in [2.45, 2.75) is 18.2 Å². The summed E-state index contributed by atoms with van der Waals surface area (Å²) in [5.41, 5.74) is 0.592. The number of likely N-dealkylation sites (tertiary alicyclic amines) is 1. The number of benzene rings is 2. The van der Waals surface area contributed by atoms with Crippen LogP contribution >= 0.6 is 0 Å². The van der Waals surface area contributed by atoms with Crippen molar-refractivity contribution in [3.63, 3.8) is 0 Å². The second-order valence-electron chi connectivity index (χ2n) is 7.54. The minimum Gasteiger partial charge on any atom is -0.457 e. The van der Waals surface area contributed by atoms with Crippen LogP contribution in [0.3, 0.4) is 0 Å². The van der Waals surface area contributed by atoms with E-state index in [0.717, 1.165) is 5.75 Å². The van der Waals surface area contributed by atoms with Gasteiger partial charge in [-0.05, 0) is 36.4 Å². The smallest absolute Gasteiger partial charge is 0.254 e. The standard InChI is InChI=1S/C23H23N3O4/c27-23(17-6-4-9-20(12-17)30-19-7-2-1-3-8-19)25-13-21-22(14-25)29-16-18(15-28-21)26-11-5-10-24-26/h1-12,18,21-22H,13-16H2/t21-,22-/m0/s1. The topological polar surface area (TPSA) is 65.8 Å². The number of carbonyl (C=O) groups is 1. The first-order valence-electron chi connectivity index (χ1n) is 10.1. The van der Waals surface area contributed by atoms with Gasteiger partial charge in [-0.2, -0.15) is 5.10 Å². The van der Waals surface area contributed by atoms with Crippen LogP contribution < -0.4 is 4.74 Å². The first kappa shape index (κ1) is 18.8. The van der Waals surface area contributed by atoms with Crippen molar-refractivity contribution >= 4 is 5.91 Å². The highest BCUT2D eigenvalue weighted by atomic mass is 16.6. The highest BCUT2D eigenvalue weighted by Crippen LogP contribution is 2.26. The highest BCUT2D eigenvalue weighted by molar-refractivity contribution is 5.94. The second kappa shape index (κ2) is 8.30. The van der Waals surface area contributed by atoms with Gasteiger partial charge in [0.15, 0.2) is 0 Å². The summed E-state index contributed by atoms with van der Waals surface area (Å²) < 4.78 is 19.9. The summed E-state index contributed by atoms with van der Waals surface area (Å²) in [7, 11) is 0. The summed E-state index contributed by atoms with van der Waals surface area (Å²) in [6.07, 6.45) is 3.41. The Balaban J connectivity index is 1.23. The predicted octanol–water partition coefficient (Wildman–Crippen LogP) is 3.16. The third-order valence-electron chi connectivity index (χ3n) is 5.47. The zero-order valence-corrected chi connectivity index (χ0v) is 16.5. The molecule has 0 spiro atoms. The van der Waals surface area contributed by atoms with Gasteiger partial charge in [-0.3, -0.25) is 9.48 Å². The molecule has 1 amide bonds. The maximum atomic E-state index is 13.1. The lowest BCUT2D eigenvalue weighted by molar-refractivity contribution is -0.00461. The molecule has 30 heavy (non-hydrogen) atoms. The molecule has 2 saturated heterocycles. The van der Waals surface area contributed by atoms with Crippen molar-refractivity contribution in [3.8, 4) is 11.5 Å². The van der Waals surface area contributed by atoms with Crippen LogP contribution in [0.5, 0.6) is 11.5 Å². The molecule has 0 saturated carbocycles. The average Bonchev–Trinajstić information content (AvgIpc) is 3.41. The molecule has 0 unspecified atom stereocenters. The van der Waals surface area contributed by atoms with Gasteiger partial charge in [-0.25, -0.2) is 0 Å². The zero-order valence-electron chi connectivity index (χ0n) is 16.5. The molecule has 2 fully saturated rings. The molecular weight excluding hydrogens is 382 g/mol. The Hall–Kier alpha value is -3.16. The van der Waals surface area contributed by atoms with Gasteiger partial charge in [0.25, 0.3) is 5.91 Å². The van der Waals surface area contributed by atoms with Gasteiger partial charge in [0.05, 0.1) is 19.3 Å². The van der Waals surface area contributed by atoms with Gasteiger partial charge < -0.3 is 19.1 Å². The van der Waals surface area contributed by atoms with Crippen LogP contribution in [0.25, 0.3) is 0 Å². The maximum absolute atomic E-state index is 13.1. The van der Waals surface area contributed by atoms with Crippen molar-refractivity contribution in [1.82, 2.24) is 14.7 Å². The van der Waals surface area contributed by atoms with Gasteiger partial charge in [0.1, 0.15) is 23.7 Å². The van der Waals surface area contributed by atoms with Gasteiger partial charge in [0, 0.05) is 31.0 Å². The van der Waals surface area contributed by atoms with Crippen molar-refractivity contribution in [3.05, 3.63) is 78.6 Å². The Kier molecular flexibility index (Phi) is 5.21. The quantitative estimate of drug-likeness (QED) is 0.667. The maximum Gasteiger partial charge on any atom is 0.254 e. The summed E-state index contributed by atoms with van der Waals surface area (Å²) in [6, 6.07) is 18.7. The lowest BCUT2D eigenvalue weighted by Gasteiger charge is -2.19. The Morgan fingerprint density at radius 3 is 2.37 bits per heavy atom. The lowest BCUT2D eigenvalue weighted by Crippen LogP contribution is -2.31. The number of carbonyl (C=O) groups excluding carboxylic acids is 1. The average molecular weight is 405 g/mol. The molecule has 2 aliphatic heterocycles. The fraction of sp³-hybridized carbons (Fsp3) is 0.304. The first-order chi connectivity index (χ1) is 14.8. The molecule has 3 aromatic rings. The summed E-state index contributed by atoms with van der Waals surface area (Å²) in [4.78, 5) is 14.9. The SMILES string of the molecule is O=C(c1cccc(Oc2ccccc2)c1)N1C[C@@H]2OCC(n3cccn3)CO[C@H]2C1. The summed E-state index contributed by atoms with van der Waals surface area (Å²) in [6.45, 7) is 2.06. The van der Waals surface area contributed by atoms with Gasteiger partial charge >= 0.3 is 0 Å². The molecule has 154 valence electrons. The largest absolute Gasteiger partial charge is 0.457 e.